The number of hydrogen-bond acceptors (Lipinski definition) is 6. The van der Waals surface area contributed by atoms with E-state index in [2.05, 4.69) is 25.3 Å². The van der Waals surface area contributed by atoms with Crippen LogP contribution in [-0.2, 0) is 19.1 Å². The zero-order chi connectivity index (χ0) is 19.5. The Kier molecular flexibility index (Phi) is 8.65. The Morgan fingerprint density at radius 3 is 2.12 bits per heavy atom. The molecule has 0 fully saturated rings. The van der Waals surface area contributed by atoms with Crippen molar-refractivity contribution < 1.29 is 19.1 Å². The van der Waals surface area contributed by atoms with Crippen LogP contribution in [0.25, 0.3) is 6.08 Å². The standard InChI is InChI=1S/C20H24N2O4/c1-5-22(6-2)18-9-7-16(8-10-18)13-17(14-21)20(24)26-12-11-25-19(23)15(3)4/h7-10,13H,3,5-6,11-12H2,1-2,4H3. The summed E-state index contributed by atoms with van der Waals surface area (Å²) < 4.78 is 9.77. The number of hydrogen-bond donors (Lipinski definition) is 0. The van der Waals surface area contributed by atoms with Crippen LogP contribution in [0, 0.1) is 11.3 Å². The summed E-state index contributed by atoms with van der Waals surface area (Å²) in [6, 6.07) is 9.39. The minimum atomic E-state index is -0.758. The second kappa shape index (κ2) is 10.7. The number of rotatable bonds is 9. The minimum Gasteiger partial charge on any atom is -0.459 e. The van der Waals surface area contributed by atoms with Gasteiger partial charge in [0.2, 0.25) is 0 Å². The first kappa shape index (κ1) is 21.0. The van der Waals surface area contributed by atoms with Crippen molar-refractivity contribution in [2.75, 3.05) is 31.2 Å². The third-order valence-corrected chi connectivity index (χ3v) is 3.57. The summed E-state index contributed by atoms with van der Waals surface area (Å²) in [5, 5.41) is 9.17. The number of benzene rings is 1. The summed E-state index contributed by atoms with van der Waals surface area (Å²) in [7, 11) is 0. The minimum absolute atomic E-state index is 0.0886. The van der Waals surface area contributed by atoms with Gasteiger partial charge >= 0.3 is 11.9 Å². The molecular weight excluding hydrogens is 332 g/mol. The highest BCUT2D eigenvalue weighted by Gasteiger charge is 2.11. The largest absolute Gasteiger partial charge is 0.459 e. The number of carbonyl (C=O) groups excluding carboxylic acids is 2. The fraction of sp³-hybridized carbons (Fsp3) is 0.350. The van der Waals surface area contributed by atoms with Gasteiger partial charge in [-0.2, -0.15) is 5.26 Å². The molecule has 0 aliphatic rings. The molecule has 0 heterocycles. The Bertz CT molecular complexity index is 710. The molecule has 0 amide bonds. The van der Waals surface area contributed by atoms with E-state index in [1.165, 1.54) is 13.0 Å². The topological polar surface area (TPSA) is 79.6 Å². The Morgan fingerprint density at radius 2 is 1.65 bits per heavy atom. The van der Waals surface area contributed by atoms with Gasteiger partial charge < -0.3 is 14.4 Å². The normalized spacial score (nSPS) is 10.6. The van der Waals surface area contributed by atoms with Crippen LogP contribution in [0.3, 0.4) is 0 Å². The van der Waals surface area contributed by atoms with E-state index < -0.39 is 11.9 Å². The Hall–Kier alpha value is -3.07. The summed E-state index contributed by atoms with van der Waals surface area (Å²) in [6.07, 6.45) is 1.47. The van der Waals surface area contributed by atoms with Gasteiger partial charge in [0.1, 0.15) is 24.9 Å². The third-order valence-electron chi connectivity index (χ3n) is 3.57. The van der Waals surface area contributed by atoms with Gasteiger partial charge in [-0.15, -0.1) is 0 Å². The lowest BCUT2D eigenvalue weighted by molar-refractivity contribution is -0.147. The zero-order valence-corrected chi connectivity index (χ0v) is 15.4. The van der Waals surface area contributed by atoms with Crippen LogP contribution in [0.4, 0.5) is 5.69 Å². The van der Waals surface area contributed by atoms with E-state index in [0.29, 0.717) is 0 Å². The number of esters is 2. The predicted molar refractivity (Wildman–Crippen MR) is 100 cm³/mol. The molecule has 0 radical (unpaired) electrons. The van der Waals surface area contributed by atoms with Crippen molar-refractivity contribution in [3.63, 3.8) is 0 Å². The fourth-order valence-corrected chi connectivity index (χ4v) is 2.14. The van der Waals surface area contributed by atoms with Gasteiger partial charge in [0.15, 0.2) is 0 Å². The first-order valence-corrected chi connectivity index (χ1v) is 8.39. The van der Waals surface area contributed by atoms with Gasteiger partial charge in [0.05, 0.1) is 0 Å². The lowest BCUT2D eigenvalue weighted by atomic mass is 10.1. The molecule has 26 heavy (non-hydrogen) atoms. The van der Waals surface area contributed by atoms with Gasteiger partial charge in [-0.25, -0.2) is 9.59 Å². The van der Waals surface area contributed by atoms with Crippen molar-refractivity contribution in [3.8, 4) is 6.07 Å². The van der Waals surface area contributed by atoms with Gasteiger partial charge in [0.25, 0.3) is 0 Å². The molecule has 0 aromatic heterocycles. The van der Waals surface area contributed by atoms with Crippen molar-refractivity contribution in [2.24, 2.45) is 0 Å². The number of ether oxygens (including phenoxy) is 2. The Morgan fingerprint density at radius 1 is 1.12 bits per heavy atom. The molecular formula is C20H24N2O4. The van der Waals surface area contributed by atoms with Gasteiger partial charge in [-0.1, -0.05) is 18.7 Å². The predicted octanol–water partition coefficient (Wildman–Crippen LogP) is 3.10. The first-order valence-electron chi connectivity index (χ1n) is 8.39. The zero-order valence-electron chi connectivity index (χ0n) is 15.4. The molecule has 0 spiro atoms. The van der Waals surface area contributed by atoms with Gasteiger partial charge in [-0.05, 0) is 44.5 Å². The van der Waals surface area contributed by atoms with Crippen LogP contribution in [0.2, 0.25) is 0 Å². The molecule has 138 valence electrons. The highest BCUT2D eigenvalue weighted by molar-refractivity contribution is 5.97. The summed E-state index contributed by atoms with van der Waals surface area (Å²) in [5.41, 5.74) is 1.95. The molecule has 1 aromatic carbocycles. The summed E-state index contributed by atoms with van der Waals surface area (Å²) in [5.74, 6) is -1.31. The molecule has 0 saturated carbocycles. The van der Waals surface area contributed by atoms with Crippen LogP contribution >= 0.6 is 0 Å². The summed E-state index contributed by atoms with van der Waals surface area (Å²) >= 11 is 0. The second-order valence-electron chi connectivity index (χ2n) is 5.49. The highest BCUT2D eigenvalue weighted by atomic mass is 16.6. The third kappa shape index (κ3) is 6.44. The molecule has 0 unspecified atom stereocenters. The average Bonchev–Trinajstić information content (AvgIpc) is 2.64. The van der Waals surface area contributed by atoms with E-state index in [1.807, 2.05) is 30.3 Å². The molecule has 0 aliphatic carbocycles. The highest BCUT2D eigenvalue weighted by Crippen LogP contribution is 2.17. The first-order chi connectivity index (χ1) is 12.4. The number of anilines is 1. The smallest absolute Gasteiger partial charge is 0.349 e. The average molecular weight is 356 g/mol. The SMILES string of the molecule is C=C(C)C(=O)OCCOC(=O)C(C#N)=Cc1ccc(N(CC)CC)cc1. The quantitative estimate of drug-likeness (QED) is 0.293. The lowest BCUT2D eigenvalue weighted by Crippen LogP contribution is -2.21. The van der Waals surface area contributed by atoms with Crippen molar-refractivity contribution in [1.82, 2.24) is 0 Å². The molecule has 1 aromatic rings. The Balaban J connectivity index is 2.66. The van der Waals surface area contributed by atoms with Crippen LogP contribution in [-0.4, -0.2) is 38.2 Å². The Labute approximate surface area is 154 Å². The number of carbonyl (C=O) groups is 2. The van der Waals surface area contributed by atoms with Crippen LogP contribution in [0.15, 0.2) is 42.0 Å². The van der Waals surface area contributed by atoms with Crippen molar-refractivity contribution in [1.29, 1.82) is 5.26 Å². The fourth-order valence-electron chi connectivity index (χ4n) is 2.14. The van der Waals surface area contributed by atoms with Crippen LogP contribution in [0.1, 0.15) is 26.3 Å². The van der Waals surface area contributed by atoms with Crippen molar-refractivity contribution in [3.05, 3.63) is 47.6 Å². The maximum Gasteiger partial charge on any atom is 0.349 e. The van der Waals surface area contributed by atoms with E-state index in [1.54, 1.807) is 0 Å². The van der Waals surface area contributed by atoms with Gasteiger partial charge in [-0.3, -0.25) is 0 Å². The molecule has 1 rings (SSSR count). The molecule has 0 bridgehead atoms. The van der Waals surface area contributed by atoms with E-state index in [9.17, 15) is 9.59 Å². The summed E-state index contributed by atoms with van der Waals surface area (Å²) in [6.45, 7) is 10.7. The molecule has 0 aliphatic heterocycles. The maximum atomic E-state index is 11.9. The van der Waals surface area contributed by atoms with Gasteiger partial charge in [0, 0.05) is 24.4 Å². The van der Waals surface area contributed by atoms with Crippen LogP contribution in [0.5, 0.6) is 0 Å². The number of nitriles is 1. The molecule has 0 atom stereocenters. The molecule has 0 N–H and O–H groups in total. The van der Waals surface area contributed by atoms with Crippen molar-refractivity contribution >= 4 is 23.7 Å². The maximum absolute atomic E-state index is 11.9. The van der Waals surface area contributed by atoms with E-state index >= 15 is 0 Å². The molecule has 6 nitrogen and oxygen atoms in total. The van der Waals surface area contributed by atoms with Crippen molar-refractivity contribution in [2.45, 2.75) is 20.8 Å². The van der Waals surface area contributed by atoms with Crippen LogP contribution < -0.4 is 4.90 Å². The summed E-state index contributed by atoms with van der Waals surface area (Å²) in [4.78, 5) is 25.3. The van der Waals surface area contributed by atoms with E-state index in [4.69, 9.17) is 14.7 Å². The van der Waals surface area contributed by atoms with E-state index in [-0.39, 0.29) is 24.4 Å². The monoisotopic (exact) mass is 356 g/mol. The molecule has 6 heteroatoms. The molecule has 0 saturated heterocycles. The lowest BCUT2D eigenvalue weighted by Gasteiger charge is -2.20. The van der Waals surface area contributed by atoms with E-state index in [0.717, 1.165) is 24.3 Å². The second-order valence-corrected chi connectivity index (χ2v) is 5.49. The number of nitrogens with zero attached hydrogens (tertiary/aromatic N) is 2.